The predicted octanol–water partition coefficient (Wildman–Crippen LogP) is 5.09. The Kier molecular flexibility index (Phi) is 6.61. The van der Waals surface area contributed by atoms with Crippen LogP contribution in [0.25, 0.3) is 0 Å². The number of anilines is 1. The highest BCUT2D eigenvalue weighted by molar-refractivity contribution is 8.01. The summed E-state index contributed by atoms with van der Waals surface area (Å²) in [5.74, 6) is -1.11. The smallest absolute Gasteiger partial charge is 0.241 e. The van der Waals surface area contributed by atoms with Gasteiger partial charge >= 0.3 is 0 Å². The van der Waals surface area contributed by atoms with E-state index in [1.807, 2.05) is 55.5 Å². The summed E-state index contributed by atoms with van der Waals surface area (Å²) >= 11 is 1.44. The number of nitrogens with one attached hydrogen (secondary N) is 1. The van der Waals surface area contributed by atoms with Crippen LogP contribution in [0.4, 0.5) is 10.1 Å². The van der Waals surface area contributed by atoms with Crippen molar-refractivity contribution < 1.29 is 14.0 Å². The van der Waals surface area contributed by atoms with Crippen molar-refractivity contribution in [1.82, 2.24) is 5.32 Å². The third-order valence-corrected chi connectivity index (χ3v) is 7.09. The minimum atomic E-state index is -0.526. The molecule has 4 nitrogen and oxygen atoms in total. The van der Waals surface area contributed by atoms with Crippen LogP contribution in [0.1, 0.15) is 23.6 Å². The summed E-state index contributed by atoms with van der Waals surface area (Å²) in [7, 11) is 0. The Morgan fingerprint density at radius 1 is 1.03 bits per heavy atom. The molecular weight excluding hydrogens is 423 g/mol. The quantitative estimate of drug-likeness (QED) is 0.571. The summed E-state index contributed by atoms with van der Waals surface area (Å²) in [6.07, 6.45) is 0. The first-order chi connectivity index (χ1) is 15.4. The van der Waals surface area contributed by atoms with Crippen LogP contribution in [-0.4, -0.2) is 17.1 Å². The van der Waals surface area contributed by atoms with E-state index in [0.717, 1.165) is 21.7 Å². The lowest BCUT2D eigenvalue weighted by molar-refractivity contribution is -0.128. The molecule has 0 fully saturated rings. The number of benzene rings is 3. The van der Waals surface area contributed by atoms with E-state index in [2.05, 4.69) is 5.32 Å². The molecule has 0 saturated heterocycles. The average molecular weight is 449 g/mol. The Balaban J connectivity index is 1.51. The zero-order valence-corrected chi connectivity index (χ0v) is 18.9. The molecule has 4 rings (SSSR count). The summed E-state index contributed by atoms with van der Waals surface area (Å²) in [4.78, 5) is 29.1. The number of para-hydroxylation sites is 1. The fourth-order valence-electron chi connectivity index (χ4n) is 3.68. The number of amides is 2. The van der Waals surface area contributed by atoms with Gasteiger partial charge in [-0.3, -0.25) is 9.59 Å². The highest BCUT2D eigenvalue weighted by Gasteiger charge is 2.39. The Morgan fingerprint density at radius 2 is 1.69 bits per heavy atom. The van der Waals surface area contributed by atoms with E-state index in [4.69, 9.17) is 0 Å². The van der Waals surface area contributed by atoms with Gasteiger partial charge in [0.15, 0.2) is 0 Å². The van der Waals surface area contributed by atoms with Gasteiger partial charge in [0.1, 0.15) is 11.1 Å². The van der Waals surface area contributed by atoms with Crippen LogP contribution < -0.4 is 10.2 Å². The molecule has 1 heterocycles. The summed E-state index contributed by atoms with van der Waals surface area (Å²) in [6.45, 7) is 4.56. The first-order valence-electron chi connectivity index (χ1n) is 10.6. The van der Waals surface area contributed by atoms with E-state index in [9.17, 15) is 14.0 Å². The molecule has 2 atom stereocenters. The van der Waals surface area contributed by atoms with Crippen LogP contribution in [-0.2, 0) is 22.7 Å². The van der Waals surface area contributed by atoms with Gasteiger partial charge < -0.3 is 10.2 Å². The predicted molar refractivity (Wildman–Crippen MR) is 126 cm³/mol. The van der Waals surface area contributed by atoms with E-state index < -0.39 is 11.2 Å². The van der Waals surface area contributed by atoms with Gasteiger partial charge in [0.25, 0.3) is 0 Å². The van der Waals surface area contributed by atoms with E-state index in [0.29, 0.717) is 13.1 Å². The number of rotatable bonds is 6. The number of aryl methyl sites for hydroxylation is 1. The first-order valence-corrected chi connectivity index (χ1v) is 11.4. The average Bonchev–Trinajstić information content (AvgIpc) is 2.81. The molecule has 0 spiro atoms. The lowest BCUT2D eigenvalue weighted by Gasteiger charge is -2.35. The summed E-state index contributed by atoms with van der Waals surface area (Å²) in [5.41, 5.74) is 3.89. The lowest BCUT2D eigenvalue weighted by Crippen LogP contribution is -2.47. The molecular formula is C26H25FN2O2S. The van der Waals surface area contributed by atoms with E-state index in [-0.39, 0.29) is 17.6 Å². The standard InChI is InChI=1S/C26H25FN2O2S/c1-17-7-9-20(10-8-17)16-29-22-5-3-4-6-23(22)32-24(26(29)31)18(2)25(30)28-15-19-11-13-21(27)14-12-19/h3-14,18,24H,15-16H2,1-2H3,(H,28,30)/t18-,24+/m1/s1. The molecule has 0 unspecified atom stereocenters. The van der Waals surface area contributed by atoms with Gasteiger partial charge in [-0.25, -0.2) is 4.39 Å². The van der Waals surface area contributed by atoms with Crippen LogP contribution >= 0.6 is 11.8 Å². The summed E-state index contributed by atoms with van der Waals surface area (Å²) < 4.78 is 13.1. The Labute approximate surface area is 191 Å². The van der Waals surface area contributed by atoms with Gasteiger partial charge in [-0.05, 0) is 42.3 Å². The van der Waals surface area contributed by atoms with Gasteiger partial charge in [-0.15, -0.1) is 11.8 Å². The van der Waals surface area contributed by atoms with Crippen molar-refractivity contribution in [2.75, 3.05) is 4.90 Å². The largest absolute Gasteiger partial charge is 0.352 e. The highest BCUT2D eigenvalue weighted by Crippen LogP contribution is 2.42. The fourth-order valence-corrected chi connectivity index (χ4v) is 4.97. The second kappa shape index (κ2) is 9.57. The summed E-state index contributed by atoms with van der Waals surface area (Å²) in [5, 5.41) is 2.36. The van der Waals surface area contributed by atoms with Crippen molar-refractivity contribution in [3.8, 4) is 0 Å². The van der Waals surface area contributed by atoms with Crippen molar-refractivity contribution in [3.05, 3.63) is 95.3 Å². The van der Waals surface area contributed by atoms with Crippen LogP contribution in [0.15, 0.2) is 77.7 Å². The van der Waals surface area contributed by atoms with Gasteiger partial charge in [0.05, 0.1) is 18.2 Å². The fraction of sp³-hybridized carbons (Fsp3) is 0.231. The third-order valence-electron chi connectivity index (χ3n) is 5.63. The lowest BCUT2D eigenvalue weighted by atomic mass is 10.0. The van der Waals surface area contributed by atoms with E-state index in [1.165, 1.54) is 29.5 Å². The molecule has 2 amide bonds. The molecule has 1 aliphatic heterocycles. The zero-order valence-electron chi connectivity index (χ0n) is 18.0. The molecule has 0 saturated carbocycles. The van der Waals surface area contributed by atoms with Crippen molar-refractivity contribution in [3.63, 3.8) is 0 Å². The second-order valence-electron chi connectivity index (χ2n) is 8.05. The van der Waals surface area contributed by atoms with Crippen molar-refractivity contribution in [1.29, 1.82) is 0 Å². The molecule has 0 aromatic heterocycles. The van der Waals surface area contributed by atoms with Gasteiger partial charge in [0, 0.05) is 11.4 Å². The molecule has 0 bridgehead atoms. The zero-order chi connectivity index (χ0) is 22.7. The Hall–Kier alpha value is -3.12. The molecule has 3 aromatic rings. The molecule has 0 aliphatic carbocycles. The first kappa shape index (κ1) is 22.1. The van der Waals surface area contributed by atoms with Gasteiger partial charge in [0.2, 0.25) is 11.8 Å². The van der Waals surface area contributed by atoms with Crippen molar-refractivity contribution in [2.45, 2.75) is 37.1 Å². The Bertz CT molecular complexity index is 1120. The van der Waals surface area contributed by atoms with E-state index in [1.54, 1.807) is 24.0 Å². The number of carbonyl (C=O) groups is 2. The van der Waals surface area contributed by atoms with E-state index >= 15 is 0 Å². The number of hydrogen-bond acceptors (Lipinski definition) is 3. The number of thioether (sulfide) groups is 1. The normalized spacial score (nSPS) is 16.4. The molecule has 32 heavy (non-hydrogen) atoms. The molecule has 1 aliphatic rings. The van der Waals surface area contributed by atoms with Crippen LogP contribution in [0.3, 0.4) is 0 Å². The summed E-state index contributed by atoms with van der Waals surface area (Å²) in [6, 6.07) is 21.9. The number of nitrogens with zero attached hydrogens (tertiary/aromatic N) is 1. The number of fused-ring (bicyclic) bond motifs is 1. The number of halogens is 1. The maximum absolute atomic E-state index is 13.5. The second-order valence-corrected chi connectivity index (χ2v) is 9.23. The van der Waals surface area contributed by atoms with Crippen molar-refractivity contribution >= 4 is 29.3 Å². The van der Waals surface area contributed by atoms with Gasteiger partial charge in [-0.1, -0.05) is 61.0 Å². The van der Waals surface area contributed by atoms with Crippen LogP contribution in [0, 0.1) is 18.7 Å². The highest BCUT2D eigenvalue weighted by atomic mass is 32.2. The molecule has 6 heteroatoms. The minimum Gasteiger partial charge on any atom is -0.352 e. The SMILES string of the molecule is Cc1ccc(CN2C(=O)[C@H]([C@@H](C)C(=O)NCc3ccc(F)cc3)Sc3ccccc32)cc1. The van der Waals surface area contributed by atoms with Crippen LogP contribution in [0.5, 0.6) is 0 Å². The topological polar surface area (TPSA) is 49.4 Å². The minimum absolute atomic E-state index is 0.0706. The monoisotopic (exact) mass is 448 g/mol. The number of carbonyl (C=O) groups excluding carboxylic acids is 2. The third kappa shape index (κ3) is 4.86. The van der Waals surface area contributed by atoms with Crippen molar-refractivity contribution in [2.24, 2.45) is 5.92 Å². The molecule has 1 N–H and O–H groups in total. The van der Waals surface area contributed by atoms with Gasteiger partial charge in [-0.2, -0.15) is 0 Å². The van der Waals surface area contributed by atoms with Crippen LogP contribution in [0.2, 0.25) is 0 Å². The molecule has 3 aromatic carbocycles. The Morgan fingerprint density at radius 3 is 2.41 bits per heavy atom. The molecule has 164 valence electrons. The maximum atomic E-state index is 13.5. The maximum Gasteiger partial charge on any atom is 0.241 e. The number of hydrogen-bond donors (Lipinski definition) is 1. The molecule has 0 radical (unpaired) electrons.